The first kappa shape index (κ1) is 19.3. The fraction of sp³-hybridized carbons (Fsp3) is 0.300. The van der Waals surface area contributed by atoms with Crippen LogP contribution in [0.5, 0.6) is 5.75 Å². The Balaban J connectivity index is 1.75. The van der Waals surface area contributed by atoms with Crippen LogP contribution in [0.25, 0.3) is 0 Å². The van der Waals surface area contributed by atoms with Gasteiger partial charge in [-0.2, -0.15) is 0 Å². The average molecular weight is 355 g/mol. The smallest absolute Gasteiger partial charge is 0.257 e. The standard InChI is InChI=1S/C20H25N3O3/c1-13-10-14(2)20(15(3)11-13)21-12-19(26)23-22-18(25)9-8-16-6-4-5-7-17(16)24/h4-7,10-11,21,24H,8-9,12H2,1-3H3,(H,22,25)(H,23,26). The van der Waals surface area contributed by atoms with E-state index < -0.39 is 0 Å². The number of carbonyl (C=O) groups excluding carboxylic acids is 2. The van der Waals surface area contributed by atoms with Crippen molar-refractivity contribution in [2.45, 2.75) is 33.6 Å². The third-order valence-corrected chi connectivity index (χ3v) is 4.06. The van der Waals surface area contributed by atoms with Crippen molar-refractivity contribution in [2.75, 3.05) is 11.9 Å². The van der Waals surface area contributed by atoms with Gasteiger partial charge in [-0.3, -0.25) is 20.4 Å². The second-order valence-electron chi connectivity index (χ2n) is 6.35. The van der Waals surface area contributed by atoms with Crippen LogP contribution in [0.2, 0.25) is 0 Å². The van der Waals surface area contributed by atoms with E-state index in [0.29, 0.717) is 12.0 Å². The van der Waals surface area contributed by atoms with Crippen LogP contribution in [0.1, 0.15) is 28.7 Å². The Kier molecular flexibility index (Phi) is 6.60. The number of nitrogens with one attached hydrogen (secondary N) is 3. The van der Waals surface area contributed by atoms with Crippen molar-refractivity contribution < 1.29 is 14.7 Å². The van der Waals surface area contributed by atoms with E-state index in [1.165, 1.54) is 5.56 Å². The minimum atomic E-state index is -0.333. The molecule has 0 saturated carbocycles. The van der Waals surface area contributed by atoms with E-state index in [9.17, 15) is 14.7 Å². The molecule has 0 fully saturated rings. The molecule has 2 aromatic carbocycles. The number of phenolic OH excluding ortho intramolecular Hbond substituents is 1. The van der Waals surface area contributed by atoms with Crippen molar-refractivity contribution in [3.8, 4) is 5.75 Å². The molecule has 0 bridgehead atoms. The number of hydrazine groups is 1. The summed E-state index contributed by atoms with van der Waals surface area (Å²) >= 11 is 0. The molecule has 4 N–H and O–H groups in total. The van der Waals surface area contributed by atoms with E-state index in [1.807, 2.05) is 32.9 Å². The fourth-order valence-electron chi connectivity index (χ4n) is 2.84. The van der Waals surface area contributed by atoms with E-state index in [4.69, 9.17) is 0 Å². The molecule has 2 amide bonds. The van der Waals surface area contributed by atoms with Crippen LogP contribution in [0, 0.1) is 20.8 Å². The maximum Gasteiger partial charge on any atom is 0.257 e. The Hall–Kier alpha value is -3.02. The molecule has 0 aliphatic carbocycles. The molecule has 0 unspecified atom stereocenters. The van der Waals surface area contributed by atoms with Gasteiger partial charge in [0, 0.05) is 12.1 Å². The predicted molar refractivity (Wildman–Crippen MR) is 102 cm³/mol. The number of hydrogen-bond acceptors (Lipinski definition) is 4. The highest BCUT2D eigenvalue weighted by molar-refractivity contribution is 5.85. The van der Waals surface area contributed by atoms with Crippen LogP contribution in [0.15, 0.2) is 36.4 Å². The summed E-state index contributed by atoms with van der Waals surface area (Å²) in [5.41, 5.74) is 9.72. The minimum Gasteiger partial charge on any atom is -0.508 e. The van der Waals surface area contributed by atoms with E-state index in [-0.39, 0.29) is 30.5 Å². The zero-order valence-corrected chi connectivity index (χ0v) is 15.3. The lowest BCUT2D eigenvalue weighted by Gasteiger charge is -2.14. The number of anilines is 1. The quantitative estimate of drug-likeness (QED) is 0.599. The van der Waals surface area contributed by atoms with E-state index >= 15 is 0 Å². The first-order chi connectivity index (χ1) is 12.4. The molecule has 138 valence electrons. The summed E-state index contributed by atoms with van der Waals surface area (Å²) in [6.45, 7) is 6.06. The molecule has 0 saturated heterocycles. The minimum absolute atomic E-state index is 0.0600. The second-order valence-corrected chi connectivity index (χ2v) is 6.35. The molecule has 0 aliphatic heterocycles. The van der Waals surface area contributed by atoms with Crippen molar-refractivity contribution in [1.82, 2.24) is 10.9 Å². The molecule has 2 aromatic rings. The molecule has 0 aliphatic rings. The van der Waals surface area contributed by atoms with Crippen LogP contribution >= 0.6 is 0 Å². The lowest BCUT2D eigenvalue weighted by Crippen LogP contribution is -2.44. The highest BCUT2D eigenvalue weighted by atomic mass is 16.3. The summed E-state index contributed by atoms with van der Waals surface area (Å²) in [6.07, 6.45) is 0.565. The van der Waals surface area contributed by atoms with Gasteiger partial charge >= 0.3 is 0 Å². The van der Waals surface area contributed by atoms with Gasteiger partial charge in [-0.05, 0) is 49.9 Å². The second kappa shape index (κ2) is 8.89. The van der Waals surface area contributed by atoms with E-state index in [0.717, 1.165) is 16.8 Å². The highest BCUT2D eigenvalue weighted by Crippen LogP contribution is 2.21. The number of benzene rings is 2. The van der Waals surface area contributed by atoms with Gasteiger partial charge in [0.25, 0.3) is 5.91 Å². The molecule has 26 heavy (non-hydrogen) atoms. The molecule has 0 radical (unpaired) electrons. The monoisotopic (exact) mass is 355 g/mol. The number of carbonyl (C=O) groups is 2. The van der Waals surface area contributed by atoms with Crippen molar-refractivity contribution in [3.63, 3.8) is 0 Å². The Bertz CT molecular complexity index is 780. The van der Waals surface area contributed by atoms with E-state index in [1.54, 1.807) is 24.3 Å². The SMILES string of the molecule is Cc1cc(C)c(NCC(=O)NNC(=O)CCc2ccccc2O)c(C)c1. The van der Waals surface area contributed by atoms with Crippen LogP contribution < -0.4 is 16.2 Å². The molecule has 0 heterocycles. The topological polar surface area (TPSA) is 90.5 Å². The largest absolute Gasteiger partial charge is 0.508 e. The Morgan fingerprint density at radius 3 is 2.23 bits per heavy atom. The van der Waals surface area contributed by atoms with Crippen LogP contribution in [-0.4, -0.2) is 23.5 Å². The summed E-state index contributed by atoms with van der Waals surface area (Å²) in [5, 5.41) is 12.8. The van der Waals surface area contributed by atoms with Crippen molar-refractivity contribution in [1.29, 1.82) is 0 Å². The summed E-state index contributed by atoms with van der Waals surface area (Å²) in [5.74, 6) is -0.484. The third kappa shape index (κ3) is 5.51. The van der Waals surface area contributed by atoms with Crippen LogP contribution in [0.4, 0.5) is 5.69 Å². The molecule has 0 atom stereocenters. The van der Waals surface area contributed by atoms with E-state index in [2.05, 4.69) is 16.2 Å². The Morgan fingerprint density at radius 1 is 0.962 bits per heavy atom. The molecule has 6 nitrogen and oxygen atoms in total. The molecule has 0 spiro atoms. The molecular formula is C20H25N3O3. The Labute approximate surface area is 153 Å². The van der Waals surface area contributed by atoms with Gasteiger partial charge in [0.2, 0.25) is 5.91 Å². The lowest BCUT2D eigenvalue weighted by atomic mass is 10.1. The molecule has 2 rings (SSSR count). The van der Waals surface area contributed by atoms with Gasteiger partial charge in [0.15, 0.2) is 0 Å². The fourth-order valence-corrected chi connectivity index (χ4v) is 2.84. The van der Waals surface area contributed by atoms with Gasteiger partial charge in [0.1, 0.15) is 5.75 Å². The number of hydrogen-bond donors (Lipinski definition) is 4. The first-order valence-corrected chi connectivity index (χ1v) is 8.53. The summed E-state index contributed by atoms with van der Waals surface area (Å²) < 4.78 is 0. The average Bonchev–Trinajstić information content (AvgIpc) is 2.58. The van der Waals surface area contributed by atoms with Gasteiger partial charge in [-0.15, -0.1) is 0 Å². The van der Waals surface area contributed by atoms with Gasteiger partial charge < -0.3 is 10.4 Å². The zero-order valence-electron chi connectivity index (χ0n) is 15.3. The van der Waals surface area contributed by atoms with Crippen molar-refractivity contribution in [2.24, 2.45) is 0 Å². The lowest BCUT2D eigenvalue weighted by molar-refractivity contribution is -0.128. The molecule has 6 heteroatoms. The normalized spacial score (nSPS) is 10.3. The number of phenols is 1. The van der Waals surface area contributed by atoms with Crippen molar-refractivity contribution >= 4 is 17.5 Å². The summed E-state index contributed by atoms with van der Waals surface area (Å²) in [7, 11) is 0. The molecule has 0 aromatic heterocycles. The number of aromatic hydroxyl groups is 1. The third-order valence-electron chi connectivity index (χ3n) is 4.06. The van der Waals surface area contributed by atoms with Gasteiger partial charge in [-0.1, -0.05) is 35.9 Å². The Morgan fingerprint density at radius 2 is 1.58 bits per heavy atom. The highest BCUT2D eigenvalue weighted by Gasteiger charge is 2.09. The number of rotatable bonds is 6. The van der Waals surface area contributed by atoms with Crippen molar-refractivity contribution in [3.05, 3.63) is 58.7 Å². The number of aryl methyl sites for hydroxylation is 4. The van der Waals surface area contributed by atoms with Gasteiger partial charge in [-0.25, -0.2) is 0 Å². The first-order valence-electron chi connectivity index (χ1n) is 8.53. The van der Waals surface area contributed by atoms with Crippen LogP contribution in [-0.2, 0) is 16.0 Å². The summed E-state index contributed by atoms with van der Waals surface area (Å²) in [6, 6.07) is 11.0. The van der Waals surface area contributed by atoms with Gasteiger partial charge in [0.05, 0.1) is 6.54 Å². The molecular weight excluding hydrogens is 330 g/mol. The number of para-hydroxylation sites is 1. The summed E-state index contributed by atoms with van der Waals surface area (Å²) in [4.78, 5) is 23.7. The van der Waals surface area contributed by atoms with Crippen LogP contribution in [0.3, 0.4) is 0 Å². The predicted octanol–water partition coefficient (Wildman–Crippen LogP) is 2.51. The maximum absolute atomic E-state index is 11.9. The zero-order chi connectivity index (χ0) is 19.1. The number of amides is 2. The maximum atomic E-state index is 11.9.